The molecule has 0 aliphatic rings. The summed E-state index contributed by atoms with van der Waals surface area (Å²) in [5, 5.41) is 3.84. The number of fused-ring (bicyclic) bond motifs is 1. The molecule has 4 aromatic rings. The Hall–Kier alpha value is -2.64. The van der Waals surface area contributed by atoms with E-state index in [2.05, 4.69) is 31.2 Å². The molecule has 3 heterocycles. The van der Waals surface area contributed by atoms with Gasteiger partial charge in [0.05, 0.1) is 12.2 Å². The summed E-state index contributed by atoms with van der Waals surface area (Å²) in [6.07, 6.45) is 5.61. The third-order valence-corrected chi connectivity index (χ3v) is 5.30. The van der Waals surface area contributed by atoms with E-state index >= 15 is 0 Å². The first-order valence-corrected chi connectivity index (χ1v) is 9.89. The van der Waals surface area contributed by atoms with Gasteiger partial charge in [0.15, 0.2) is 0 Å². The van der Waals surface area contributed by atoms with Crippen molar-refractivity contribution in [3.8, 4) is 0 Å². The van der Waals surface area contributed by atoms with Crippen LogP contribution in [0.4, 0.5) is 0 Å². The van der Waals surface area contributed by atoms with Gasteiger partial charge in [-0.3, -0.25) is 4.79 Å². The second-order valence-corrected chi connectivity index (χ2v) is 7.83. The highest BCUT2D eigenvalue weighted by Gasteiger charge is 2.08. The van der Waals surface area contributed by atoms with Crippen LogP contribution in [-0.4, -0.2) is 20.3 Å². The number of halogens is 1. The molecule has 134 valence electrons. The number of nitrogens with zero attached hydrogens (tertiary/aromatic N) is 3. The van der Waals surface area contributed by atoms with Gasteiger partial charge in [-0.25, -0.2) is 9.97 Å². The highest BCUT2D eigenvalue weighted by Crippen LogP contribution is 2.25. The van der Waals surface area contributed by atoms with Crippen molar-refractivity contribution in [1.82, 2.24) is 19.7 Å². The second kappa shape index (κ2) is 7.94. The van der Waals surface area contributed by atoms with Crippen molar-refractivity contribution in [2.75, 3.05) is 0 Å². The number of imidazole rings is 1. The molecule has 0 atom stereocenters. The van der Waals surface area contributed by atoms with Gasteiger partial charge in [0.2, 0.25) is 0 Å². The van der Waals surface area contributed by atoms with Gasteiger partial charge in [-0.05, 0) is 64.5 Å². The van der Waals surface area contributed by atoms with E-state index in [0.29, 0.717) is 12.1 Å². The predicted octanol–water partition coefficient (Wildman–Crippen LogP) is 4.57. The lowest BCUT2D eigenvalue weighted by molar-refractivity contribution is 0.0950. The zero-order valence-electron chi connectivity index (χ0n) is 14.2. The summed E-state index contributed by atoms with van der Waals surface area (Å²) >= 11 is 5.00. The topological polar surface area (TPSA) is 59.3 Å². The molecule has 1 amide bonds. The number of benzene rings is 1. The molecule has 0 unspecified atom stereocenters. The maximum Gasteiger partial charge on any atom is 0.251 e. The molecule has 1 N–H and O–H groups in total. The number of rotatable bonds is 5. The molecule has 0 bridgehead atoms. The molecule has 0 spiro atoms. The van der Waals surface area contributed by atoms with Crippen LogP contribution in [-0.2, 0) is 6.54 Å². The maximum absolute atomic E-state index is 12.4. The first kappa shape index (κ1) is 17.8. The van der Waals surface area contributed by atoms with Crippen LogP contribution >= 0.6 is 27.7 Å². The zero-order chi connectivity index (χ0) is 18.6. The average Bonchev–Trinajstić information content (AvgIpc) is 3.09. The van der Waals surface area contributed by atoms with Crippen molar-refractivity contribution >= 4 is 39.2 Å². The normalized spacial score (nSPS) is 10.9. The van der Waals surface area contributed by atoms with Crippen LogP contribution in [0, 0.1) is 0 Å². The van der Waals surface area contributed by atoms with E-state index < -0.39 is 0 Å². The van der Waals surface area contributed by atoms with Crippen molar-refractivity contribution in [3.05, 3.63) is 88.9 Å². The third kappa shape index (κ3) is 4.37. The zero-order valence-corrected chi connectivity index (χ0v) is 16.6. The smallest absolute Gasteiger partial charge is 0.251 e. The molecule has 0 saturated carbocycles. The van der Waals surface area contributed by atoms with Gasteiger partial charge in [0.1, 0.15) is 10.7 Å². The van der Waals surface area contributed by atoms with Gasteiger partial charge < -0.3 is 9.72 Å². The lowest BCUT2D eigenvalue weighted by Gasteiger charge is -2.05. The Morgan fingerprint density at radius 3 is 2.70 bits per heavy atom. The number of pyridine rings is 2. The number of aromatic nitrogens is 3. The number of nitrogens with one attached hydrogen (secondary N) is 1. The highest BCUT2D eigenvalue weighted by molar-refractivity contribution is 9.10. The van der Waals surface area contributed by atoms with Crippen LogP contribution < -0.4 is 5.32 Å². The van der Waals surface area contributed by atoms with Crippen molar-refractivity contribution in [1.29, 1.82) is 0 Å². The molecule has 0 aliphatic heterocycles. The number of carbonyl (C=O) groups is 1. The summed E-state index contributed by atoms with van der Waals surface area (Å²) in [4.78, 5) is 22.2. The van der Waals surface area contributed by atoms with Crippen molar-refractivity contribution in [2.45, 2.75) is 16.5 Å². The van der Waals surface area contributed by atoms with E-state index in [9.17, 15) is 4.79 Å². The highest BCUT2D eigenvalue weighted by atomic mass is 79.9. The fraction of sp³-hybridized carbons (Fsp3) is 0.0500. The Balaban J connectivity index is 1.38. The number of amides is 1. The Bertz CT molecular complexity index is 1080. The number of hydrogen-bond donors (Lipinski definition) is 1. The number of carbonyl (C=O) groups excluding carboxylic acids is 1. The minimum Gasteiger partial charge on any atom is -0.346 e. The summed E-state index contributed by atoms with van der Waals surface area (Å²) in [7, 11) is 0. The van der Waals surface area contributed by atoms with E-state index in [-0.39, 0.29) is 5.91 Å². The number of hydrogen-bond acceptors (Lipinski definition) is 4. The average molecular weight is 439 g/mol. The molecule has 27 heavy (non-hydrogen) atoms. The SMILES string of the molecule is O=C(NCc1cn2cc(Br)ccc2n1)c1ccc(Sc2ccccn2)cc1. The van der Waals surface area contributed by atoms with Gasteiger partial charge in [0, 0.05) is 33.5 Å². The van der Waals surface area contributed by atoms with E-state index in [0.717, 1.165) is 25.7 Å². The van der Waals surface area contributed by atoms with Gasteiger partial charge in [0.25, 0.3) is 5.91 Å². The van der Waals surface area contributed by atoms with E-state index in [1.165, 1.54) is 0 Å². The Kier molecular flexibility index (Phi) is 5.22. The lowest BCUT2D eigenvalue weighted by Crippen LogP contribution is -2.22. The monoisotopic (exact) mass is 438 g/mol. The predicted molar refractivity (Wildman–Crippen MR) is 109 cm³/mol. The summed E-state index contributed by atoms with van der Waals surface area (Å²) in [5.41, 5.74) is 2.27. The molecule has 3 aromatic heterocycles. The van der Waals surface area contributed by atoms with Crippen molar-refractivity contribution in [2.24, 2.45) is 0 Å². The Morgan fingerprint density at radius 2 is 1.93 bits per heavy atom. The van der Waals surface area contributed by atoms with Crippen molar-refractivity contribution in [3.63, 3.8) is 0 Å². The van der Waals surface area contributed by atoms with Gasteiger partial charge in [-0.15, -0.1) is 0 Å². The third-order valence-electron chi connectivity index (χ3n) is 3.87. The molecule has 0 saturated heterocycles. The minimum absolute atomic E-state index is 0.123. The van der Waals surface area contributed by atoms with Crippen LogP contribution in [0.1, 0.15) is 16.1 Å². The van der Waals surface area contributed by atoms with Crippen molar-refractivity contribution < 1.29 is 4.79 Å². The largest absolute Gasteiger partial charge is 0.346 e. The Labute approximate surface area is 169 Å². The van der Waals surface area contributed by atoms with Crippen LogP contribution in [0.5, 0.6) is 0 Å². The molecular weight excluding hydrogens is 424 g/mol. The fourth-order valence-corrected chi connectivity index (χ4v) is 3.70. The maximum atomic E-state index is 12.4. The minimum atomic E-state index is -0.123. The fourth-order valence-electron chi connectivity index (χ4n) is 2.58. The van der Waals surface area contributed by atoms with Crippen LogP contribution in [0.25, 0.3) is 5.65 Å². The molecular formula is C20H15BrN4OS. The summed E-state index contributed by atoms with van der Waals surface area (Å²) < 4.78 is 2.90. The summed E-state index contributed by atoms with van der Waals surface area (Å²) in [6, 6.07) is 17.2. The van der Waals surface area contributed by atoms with Crippen LogP contribution in [0.2, 0.25) is 0 Å². The van der Waals surface area contributed by atoms with Gasteiger partial charge >= 0.3 is 0 Å². The Morgan fingerprint density at radius 1 is 1.07 bits per heavy atom. The van der Waals surface area contributed by atoms with Crippen LogP contribution in [0.15, 0.2) is 87.6 Å². The van der Waals surface area contributed by atoms with E-state index in [4.69, 9.17) is 0 Å². The molecule has 0 radical (unpaired) electrons. The standard InChI is InChI=1S/C20H15BrN4OS/c21-15-6-9-18-24-16(13-25(18)12-15)11-23-20(26)14-4-7-17(8-5-14)27-19-3-1-2-10-22-19/h1-10,12-13H,11H2,(H,23,26). The first-order valence-electron chi connectivity index (χ1n) is 8.28. The first-order chi connectivity index (χ1) is 13.2. The summed E-state index contributed by atoms with van der Waals surface area (Å²) in [6.45, 7) is 0.378. The van der Waals surface area contributed by atoms with E-state index in [1.807, 2.05) is 71.4 Å². The van der Waals surface area contributed by atoms with E-state index in [1.54, 1.807) is 18.0 Å². The molecule has 0 aliphatic carbocycles. The van der Waals surface area contributed by atoms with Crippen LogP contribution in [0.3, 0.4) is 0 Å². The molecule has 7 heteroatoms. The van der Waals surface area contributed by atoms with Gasteiger partial charge in [-0.1, -0.05) is 17.8 Å². The van der Waals surface area contributed by atoms with Gasteiger partial charge in [-0.2, -0.15) is 0 Å². The summed E-state index contributed by atoms with van der Waals surface area (Å²) in [5.74, 6) is -0.123. The second-order valence-electron chi connectivity index (χ2n) is 5.82. The molecule has 1 aromatic carbocycles. The quantitative estimate of drug-likeness (QED) is 0.495. The molecule has 5 nitrogen and oxygen atoms in total. The molecule has 0 fully saturated rings. The lowest BCUT2D eigenvalue weighted by atomic mass is 10.2. The molecule has 4 rings (SSSR count).